The summed E-state index contributed by atoms with van der Waals surface area (Å²) in [5, 5.41) is 0. The molecule has 0 radical (unpaired) electrons. The highest BCUT2D eigenvalue weighted by molar-refractivity contribution is 5.93. The van der Waals surface area contributed by atoms with Crippen LogP contribution in [0.4, 0.5) is 5.95 Å². The number of aromatic nitrogens is 2. The predicted molar refractivity (Wildman–Crippen MR) is 75.3 cm³/mol. The predicted octanol–water partition coefficient (Wildman–Crippen LogP) is 1.95. The van der Waals surface area contributed by atoms with Crippen LogP contribution >= 0.6 is 0 Å². The zero-order chi connectivity index (χ0) is 13.7. The van der Waals surface area contributed by atoms with Gasteiger partial charge in [-0.25, -0.2) is 9.97 Å². The maximum absolute atomic E-state index is 12.1. The lowest BCUT2D eigenvalue weighted by atomic mass is 10.1. The molecule has 19 heavy (non-hydrogen) atoms. The first kappa shape index (κ1) is 13.8. The van der Waals surface area contributed by atoms with E-state index in [4.69, 9.17) is 0 Å². The number of piperidine rings is 1. The molecule has 104 valence electrons. The van der Waals surface area contributed by atoms with Gasteiger partial charge in [-0.1, -0.05) is 0 Å². The molecule has 1 amide bonds. The summed E-state index contributed by atoms with van der Waals surface area (Å²) in [5.41, 5.74) is 0.574. The molecule has 0 aromatic carbocycles. The number of nitrogens with zero attached hydrogens (tertiary/aromatic N) is 4. The van der Waals surface area contributed by atoms with Crippen molar-refractivity contribution >= 4 is 11.9 Å². The van der Waals surface area contributed by atoms with Gasteiger partial charge < -0.3 is 9.80 Å². The van der Waals surface area contributed by atoms with Gasteiger partial charge in [-0.2, -0.15) is 0 Å². The molecule has 0 atom stereocenters. The Morgan fingerprint density at radius 1 is 1.16 bits per heavy atom. The topological polar surface area (TPSA) is 49.3 Å². The Hall–Kier alpha value is -1.65. The lowest BCUT2D eigenvalue weighted by molar-refractivity contribution is 0.0772. The molecule has 0 spiro atoms. The summed E-state index contributed by atoms with van der Waals surface area (Å²) in [4.78, 5) is 24.8. The molecule has 0 saturated carbocycles. The van der Waals surface area contributed by atoms with Crippen LogP contribution in [0.15, 0.2) is 12.4 Å². The molecule has 5 nitrogen and oxygen atoms in total. The average Bonchev–Trinajstić information content (AvgIpc) is 2.49. The zero-order valence-electron chi connectivity index (χ0n) is 11.8. The Morgan fingerprint density at radius 3 is 2.26 bits per heavy atom. The molecule has 0 bridgehead atoms. The Labute approximate surface area is 114 Å². The summed E-state index contributed by atoms with van der Waals surface area (Å²) in [7, 11) is 0. The van der Waals surface area contributed by atoms with E-state index in [9.17, 15) is 4.79 Å². The molecule has 5 heteroatoms. The van der Waals surface area contributed by atoms with Crippen molar-refractivity contribution in [1.82, 2.24) is 14.9 Å². The molecule has 2 heterocycles. The van der Waals surface area contributed by atoms with E-state index in [1.165, 1.54) is 19.3 Å². The molecular formula is C14H22N4O. The summed E-state index contributed by atoms with van der Waals surface area (Å²) >= 11 is 0. The van der Waals surface area contributed by atoms with E-state index in [-0.39, 0.29) is 5.91 Å². The fraction of sp³-hybridized carbons (Fsp3) is 0.643. The van der Waals surface area contributed by atoms with Crippen LogP contribution in [0.2, 0.25) is 0 Å². The standard InChI is InChI=1S/C14H22N4O/c1-3-17(4-2)13(19)12-10-15-14(16-11-12)18-8-6-5-7-9-18/h10-11H,3-9H2,1-2H3. The quantitative estimate of drug-likeness (QED) is 0.832. The van der Waals surface area contributed by atoms with Crippen molar-refractivity contribution in [3.63, 3.8) is 0 Å². The van der Waals surface area contributed by atoms with E-state index >= 15 is 0 Å². The Balaban J connectivity index is 2.07. The van der Waals surface area contributed by atoms with Crippen LogP contribution < -0.4 is 4.90 Å². The summed E-state index contributed by atoms with van der Waals surface area (Å²) in [6.07, 6.45) is 6.98. The van der Waals surface area contributed by atoms with Crippen LogP contribution in [0.1, 0.15) is 43.5 Å². The number of rotatable bonds is 4. The number of amides is 1. The summed E-state index contributed by atoms with van der Waals surface area (Å²) < 4.78 is 0. The summed E-state index contributed by atoms with van der Waals surface area (Å²) in [6.45, 7) is 7.41. The van der Waals surface area contributed by atoms with E-state index in [0.717, 1.165) is 19.0 Å². The van der Waals surface area contributed by atoms with Gasteiger partial charge in [-0.05, 0) is 33.1 Å². The Bertz CT molecular complexity index is 408. The maximum Gasteiger partial charge on any atom is 0.256 e. The van der Waals surface area contributed by atoms with Gasteiger partial charge in [0, 0.05) is 38.6 Å². The molecule has 1 aliphatic rings. The summed E-state index contributed by atoms with van der Waals surface area (Å²) in [5.74, 6) is 0.756. The van der Waals surface area contributed by atoms with Gasteiger partial charge in [0.1, 0.15) is 0 Å². The number of carbonyl (C=O) groups is 1. The molecule has 1 aliphatic heterocycles. The monoisotopic (exact) mass is 262 g/mol. The molecule has 0 aliphatic carbocycles. The highest BCUT2D eigenvalue weighted by Gasteiger charge is 2.16. The van der Waals surface area contributed by atoms with Crippen molar-refractivity contribution in [3.8, 4) is 0 Å². The zero-order valence-corrected chi connectivity index (χ0v) is 11.8. The molecule has 1 aromatic heterocycles. The fourth-order valence-electron chi connectivity index (χ4n) is 2.38. The van der Waals surface area contributed by atoms with Gasteiger partial charge in [-0.3, -0.25) is 4.79 Å². The van der Waals surface area contributed by atoms with Crippen LogP contribution in [0.25, 0.3) is 0 Å². The molecule has 1 aromatic rings. The minimum absolute atomic E-state index is 0.00944. The lowest BCUT2D eigenvalue weighted by Gasteiger charge is -2.26. The fourth-order valence-corrected chi connectivity index (χ4v) is 2.38. The second kappa shape index (κ2) is 6.50. The number of hydrogen-bond acceptors (Lipinski definition) is 4. The van der Waals surface area contributed by atoms with Crippen molar-refractivity contribution in [3.05, 3.63) is 18.0 Å². The van der Waals surface area contributed by atoms with Crippen LogP contribution in [0, 0.1) is 0 Å². The molecular weight excluding hydrogens is 240 g/mol. The first-order chi connectivity index (χ1) is 9.26. The van der Waals surface area contributed by atoms with E-state index in [0.29, 0.717) is 18.7 Å². The summed E-state index contributed by atoms with van der Waals surface area (Å²) in [6, 6.07) is 0. The molecule has 1 saturated heterocycles. The van der Waals surface area contributed by atoms with Crippen molar-refractivity contribution in [2.75, 3.05) is 31.1 Å². The van der Waals surface area contributed by atoms with E-state index in [2.05, 4.69) is 14.9 Å². The molecule has 0 unspecified atom stereocenters. The molecule has 1 fully saturated rings. The maximum atomic E-state index is 12.1. The van der Waals surface area contributed by atoms with Crippen LogP contribution in [-0.2, 0) is 0 Å². The second-order valence-electron chi connectivity index (χ2n) is 4.80. The van der Waals surface area contributed by atoms with Gasteiger partial charge in [0.15, 0.2) is 0 Å². The van der Waals surface area contributed by atoms with Crippen molar-refractivity contribution in [1.29, 1.82) is 0 Å². The van der Waals surface area contributed by atoms with Crippen LogP contribution in [-0.4, -0.2) is 47.0 Å². The van der Waals surface area contributed by atoms with Crippen LogP contribution in [0.5, 0.6) is 0 Å². The smallest absolute Gasteiger partial charge is 0.256 e. The first-order valence-corrected chi connectivity index (χ1v) is 7.12. The van der Waals surface area contributed by atoms with E-state index in [1.54, 1.807) is 17.3 Å². The number of hydrogen-bond donors (Lipinski definition) is 0. The van der Waals surface area contributed by atoms with Crippen molar-refractivity contribution in [2.24, 2.45) is 0 Å². The van der Waals surface area contributed by atoms with Crippen LogP contribution in [0.3, 0.4) is 0 Å². The highest BCUT2D eigenvalue weighted by Crippen LogP contribution is 2.15. The normalized spacial score (nSPS) is 15.4. The largest absolute Gasteiger partial charge is 0.341 e. The van der Waals surface area contributed by atoms with Gasteiger partial charge >= 0.3 is 0 Å². The second-order valence-corrected chi connectivity index (χ2v) is 4.80. The van der Waals surface area contributed by atoms with E-state index in [1.807, 2.05) is 13.8 Å². The van der Waals surface area contributed by atoms with Crippen molar-refractivity contribution < 1.29 is 4.79 Å². The molecule has 2 rings (SSSR count). The van der Waals surface area contributed by atoms with Gasteiger partial charge in [0.25, 0.3) is 5.91 Å². The van der Waals surface area contributed by atoms with E-state index < -0.39 is 0 Å². The third-order valence-corrected chi connectivity index (χ3v) is 3.57. The van der Waals surface area contributed by atoms with Crippen molar-refractivity contribution in [2.45, 2.75) is 33.1 Å². The highest BCUT2D eigenvalue weighted by atomic mass is 16.2. The average molecular weight is 262 g/mol. The van der Waals surface area contributed by atoms with Gasteiger partial charge in [0.2, 0.25) is 5.95 Å². The number of carbonyl (C=O) groups excluding carboxylic acids is 1. The third-order valence-electron chi connectivity index (χ3n) is 3.57. The minimum Gasteiger partial charge on any atom is -0.341 e. The molecule has 0 N–H and O–H groups in total. The minimum atomic E-state index is 0.00944. The third kappa shape index (κ3) is 3.22. The van der Waals surface area contributed by atoms with Gasteiger partial charge in [-0.15, -0.1) is 0 Å². The Morgan fingerprint density at radius 2 is 1.74 bits per heavy atom. The Kier molecular flexibility index (Phi) is 4.71. The SMILES string of the molecule is CCN(CC)C(=O)c1cnc(N2CCCCC2)nc1. The number of anilines is 1. The first-order valence-electron chi connectivity index (χ1n) is 7.12. The lowest BCUT2D eigenvalue weighted by Crippen LogP contribution is -2.32. The van der Waals surface area contributed by atoms with Gasteiger partial charge in [0.05, 0.1) is 5.56 Å².